The molecule has 0 aliphatic carbocycles. The van der Waals surface area contributed by atoms with Crippen LogP contribution in [-0.2, 0) is 22.4 Å². The van der Waals surface area contributed by atoms with Crippen LogP contribution in [0.3, 0.4) is 0 Å². The first-order valence-corrected chi connectivity index (χ1v) is 8.17. The van der Waals surface area contributed by atoms with Gasteiger partial charge in [0.25, 0.3) is 0 Å². The molecule has 1 saturated heterocycles. The Kier molecular flexibility index (Phi) is 5.24. The van der Waals surface area contributed by atoms with Gasteiger partial charge in [-0.1, -0.05) is 10.3 Å². The van der Waals surface area contributed by atoms with E-state index >= 15 is 0 Å². The molecule has 2 aromatic rings. The predicted octanol–water partition coefficient (Wildman–Crippen LogP) is 1.50. The Morgan fingerprint density at radius 1 is 1.42 bits per heavy atom. The van der Waals surface area contributed by atoms with E-state index in [-0.39, 0.29) is 18.2 Å². The minimum atomic E-state index is 0.0370. The minimum absolute atomic E-state index is 0.0370. The highest BCUT2D eigenvalue weighted by molar-refractivity contribution is 5.78. The first-order chi connectivity index (χ1) is 11.7. The molecule has 1 fully saturated rings. The van der Waals surface area contributed by atoms with Crippen LogP contribution in [-0.4, -0.2) is 52.9 Å². The van der Waals surface area contributed by atoms with Gasteiger partial charge in [-0.25, -0.2) is 0 Å². The minimum Gasteiger partial charge on any atom is -0.384 e. The summed E-state index contributed by atoms with van der Waals surface area (Å²) in [5.41, 5.74) is 0.781. The molecule has 1 unspecified atom stereocenters. The molecule has 0 radical (unpaired) electrons. The summed E-state index contributed by atoms with van der Waals surface area (Å²) < 4.78 is 15.5. The van der Waals surface area contributed by atoms with E-state index in [1.165, 1.54) is 0 Å². The zero-order chi connectivity index (χ0) is 16.9. The maximum Gasteiger partial charge on any atom is 0.231 e. The molecule has 1 aliphatic heterocycles. The number of aryl methyl sites for hydroxylation is 1. The third kappa shape index (κ3) is 4.00. The number of aromatic nitrogens is 3. The number of likely N-dealkylation sites (tertiary alicyclic amines) is 1. The van der Waals surface area contributed by atoms with Crippen molar-refractivity contribution in [2.45, 2.75) is 38.5 Å². The van der Waals surface area contributed by atoms with Gasteiger partial charge in [-0.3, -0.25) is 4.79 Å². The predicted molar refractivity (Wildman–Crippen MR) is 83.4 cm³/mol. The van der Waals surface area contributed by atoms with Gasteiger partial charge in [-0.05, 0) is 19.8 Å². The van der Waals surface area contributed by atoms with E-state index < -0.39 is 0 Å². The van der Waals surface area contributed by atoms with Crippen LogP contribution in [0.2, 0.25) is 0 Å². The smallest absolute Gasteiger partial charge is 0.231 e. The van der Waals surface area contributed by atoms with Crippen LogP contribution < -0.4 is 0 Å². The number of piperidine rings is 1. The number of ether oxygens (including phenoxy) is 1. The van der Waals surface area contributed by atoms with Crippen molar-refractivity contribution in [2.24, 2.45) is 0 Å². The summed E-state index contributed by atoms with van der Waals surface area (Å²) >= 11 is 0. The SMILES string of the molecule is COCCc1noc(C2CCCN(C(=O)Cc3cc(C)no3)C2)n1. The number of nitrogens with zero attached hydrogens (tertiary/aromatic N) is 4. The van der Waals surface area contributed by atoms with E-state index in [2.05, 4.69) is 15.3 Å². The standard InChI is InChI=1S/C16H22N4O4/c1-11-8-13(23-18-11)9-15(21)20-6-3-4-12(10-20)16-17-14(19-24-16)5-7-22-2/h8,12H,3-7,9-10H2,1-2H3. The van der Waals surface area contributed by atoms with Crippen molar-refractivity contribution in [1.82, 2.24) is 20.2 Å². The monoisotopic (exact) mass is 334 g/mol. The number of hydrogen-bond acceptors (Lipinski definition) is 7. The Morgan fingerprint density at radius 3 is 3.04 bits per heavy atom. The molecule has 1 atom stereocenters. The number of carbonyl (C=O) groups is 1. The second kappa shape index (κ2) is 7.57. The van der Waals surface area contributed by atoms with Gasteiger partial charge in [0, 0.05) is 32.7 Å². The Bertz CT molecular complexity index is 681. The molecule has 3 heterocycles. The van der Waals surface area contributed by atoms with Gasteiger partial charge >= 0.3 is 0 Å². The number of rotatable bonds is 6. The van der Waals surface area contributed by atoms with E-state index in [0.29, 0.717) is 37.0 Å². The van der Waals surface area contributed by atoms with Crippen molar-refractivity contribution >= 4 is 5.91 Å². The van der Waals surface area contributed by atoms with Crippen molar-refractivity contribution in [3.05, 3.63) is 29.2 Å². The van der Waals surface area contributed by atoms with Crippen molar-refractivity contribution in [1.29, 1.82) is 0 Å². The molecular weight excluding hydrogens is 312 g/mol. The van der Waals surface area contributed by atoms with Crippen LogP contribution in [0.25, 0.3) is 0 Å². The van der Waals surface area contributed by atoms with E-state index in [0.717, 1.165) is 25.1 Å². The van der Waals surface area contributed by atoms with Crippen molar-refractivity contribution in [3.8, 4) is 0 Å². The van der Waals surface area contributed by atoms with Gasteiger partial charge in [-0.15, -0.1) is 0 Å². The van der Waals surface area contributed by atoms with E-state index in [1.807, 2.05) is 11.8 Å². The molecule has 0 bridgehead atoms. The second-order valence-corrected chi connectivity index (χ2v) is 6.08. The van der Waals surface area contributed by atoms with Gasteiger partial charge < -0.3 is 18.7 Å². The van der Waals surface area contributed by atoms with Gasteiger partial charge in [0.05, 0.1) is 24.6 Å². The maximum atomic E-state index is 12.5. The third-order valence-electron chi connectivity index (χ3n) is 4.14. The summed E-state index contributed by atoms with van der Waals surface area (Å²) in [4.78, 5) is 18.7. The average Bonchev–Trinajstić information content (AvgIpc) is 3.22. The molecule has 1 aliphatic rings. The van der Waals surface area contributed by atoms with Crippen molar-refractivity contribution < 1.29 is 18.6 Å². The number of carbonyl (C=O) groups excluding carboxylic acids is 1. The molecule has 1 amide bonds. The first kappa shape index (κ1) is 16.6. The number of hydrogen-bond donors (Lipinski definition) is 0. The summed E-state index contributed by atoms with van der Waals surface area (Å²) in [6, 6.07) is 1.79. The molecule has 130 valence electrons. The average molecular weight is 334 g/mol. The topological polar surface area (TPSA) is 94.5 Å². The Balaban J connectivity index is 1.59. The molecule has 0 aromatic carbocycles. The Hall–Kier alpha value is -2.22. The lowest BCUT2D eigenvalue weighted by atomic mass is 9.97. The highest BCUT2D eigenvalue weighted by Crippen LogP contribution is 2.26. The van der Waals surface area contributed by atoms with E-state index in [9.17, 15) is 4.79 Å². The largest absolute Gasteiger partial charge is 0.384 e. The van der Waals surface area contributed by atoms with Gasteiger partial charge in [-0.2, -0.15) is 4.98 Å². The zero-order valence-electron chi connectivity index (χ0n) is 14.0. The summed E-state index contributed by atoms with van der Waals surface area (Å²) in [6.45, 7) is 3.74. The van der Waals surface area contributed by atoms with Crippen LogP contribution in [0.15, 0.2) is 15.1 Å². The third-order valence-corrected chi connectivity index (χ3v) is 4.14. The van der Waals surface area contributed by atoms with Crippen LogP contribution in [0.1, 0.15) is 41.9 Å². The lowest BCUT2D eigenvalue weighted by Gasteiger charge is -2.30. The second-order valence-electron chi connectivity index (χ2n) is 6.08. The Morgan fingerprint density at radius 2 is 2.29 bits per heavy atom. The lowest BCUT2D eigenvalue weighted by Crippen LogP contribution is -2.40. The van der Waals surface area contributed by atoms with E-state index in [1.54, 1.807) is 13.2 Å². The van der Waals surface area contributed by atoms with Gasteiger partial charge in [0.2, 0.25) is 11.8 Å². The highest BCUT2D eigenvalue weighted by Gasteiger charge is 2.29. The zero-order valence-corrected chi connectivity index (χ0v) is 14.0. The fraction of sp³-hybridized carbons (Fsp3) is 0.625. The molecule has 8 heteroatoms. The molecule has 0 spiro atoms. The molecule has 24 heavy (non-hydrogen) atoms. The van der Waals surface area contributed by atoms with Crippen molar-refractivity contribution in [3.63, 3.8) is 0 Å². The Labute approximate surface area is 140 Å². The molecule has 8 nitrogen and oxygen atoms in total. The molecule has 2 aromatic heterocycles. The molecule has 3 rings (SSSR count). The fourth-order valence-electron chi connectivity index (χ4n) is 2.89. The normalized spacial score (nSPS) is 18.1. The van der Waals surface area contributed by atoms with Crippen LogP contribution in [0, 0.1) is 6.92 Å². The quantitative estimate of drug-likeness (QED) is 0.790. The van der Waals surface area contributed by atoms with Crippen molar-refractivity contribution in [2.75, 3.05) is 26.8 Å². The summed E-state index contributed by atoms with van der Waals surface area (Å²) in [5.74, 6) is 1.97. The van der Waals surface area contributed by atoms with E-state index in [4.69, 9.17) is 13.8 Å². The maximum absolute atomic E-state index is 12.5. The summed E-state index contributed by atoms with van der Waals surface area (Å²) in [5, 5.41) is 7.79. The van der Waals surface area contributed by atoms with Crippen LogP contribution in [0.5, 0.6) is 0 Å². The number of methoxy groups -OCH3 is 1. The van der Waals surface area contributed by atoms with Gasteiger partial charge in [0.15, 0.2) is 5.82 Å². The van der Waals surface area contributed by atoms with Crippen LogP contribution in [0.4, 0.5) is 0 Å². The molecular formula is C16H22N4O4. The van der Waals surface area contributed by atoms with Gasteiger partial charge in [0.1, 0.15) is 5.76 Å². The summed E-state index contributed by atoms with van der Waals surface area (Å²) in [7, 11) is 1.64. The highest BCUT2D eigenvalue weighted by atomic mass is 16.5. The molecule has 0 saturated carbocycles. The number of amides is 1. The summed E-state index contributed by atoms with van der Waals surface area (Å²) in [6.07, 6.45) is 2.72. The fourth-order valence-corrected chi connectivity index (χ4v) is 2.89. The first-order valence-electron chi connectivity index (χ1n) is 8.17. The lowest BCUT2D eigenvalue weighted by molar-refractivity contribution is -0.132. The van der Waals surface area contributed by atoms with Crippen LogP contribution >= 0.6 is 0 Å². The molecule has 0 N–H and O–H groups in total.